The lowest BCUT2D eigenvalue weighted by molar-refractivity contribution is -0.384. The second-order valence-electron chi connectivity index (χ2n) is 5.36. The van der Waals surface area contributed by atoms with Gasteiger partial charge in [0.1, 0.15) is 0 Å². The van der Waals surface area contributed by atoms with Crippen LogP contribution in [0.3, 0.4) is 0 Å². The average Bonchev–Trinajstić information content (AvgIpc) is 2.61. The van der Waals surface area contributed by atoms with Gasteiger partial charge in [-0.25, -0.2) is 4.99 Å². The van der Waals surface area contributed by atoms with Gasteiger partial charge in [0.25, 0.3) is 5.69 Å². The van der Waals surface area contributed by atoms with Gasteiger partial charge in [0, 0.05) is 44.7 Å². The normalized spacial score (nSPS) is 11.1. The van der Waals surface area contributed by atoms with Crippen molar-refractivity contribution >= 4 is 17.6 Å². The molecule has 0 radical (unpaired) electrons. The molecular formula is C17H27N5O3. The Morgan fingerprint density at radius 2 is 1.80 bits per heavy atom. The summed E-state index contributed by atoms with van der Waals surface area (Å²) in [4.78, 5) is 28.4. The van der Waals surface area contributed by atoms with E-state index in [2.05, 4.69) is 15.6 Å². The predicted octanol–water partition coefficient (Wildman–Crippen LogP) is 1.91. The summed E-state index contributed by atoms with van der Waals surface area (Å²) in [5.74, 6) is 0.733. The molecule has 1 aromatic rings. The van der Waals surface area contributed by atoms with E-state index in [-0.39, 0.29) is 11.6 Å². The number of rotatable bonds is 9. The van der Waals surface area contributed by atoms with Crippen LogP contribution in [0.15, 0.2) is 29.3 Å². The zero-order chi connectivity index (χ0) is 18.7. The van der Waals surface area contributed by atoms with Gasteiger partial charge < -0.3 is 15.5 Å². The minimum Gasteiger partial charge on any atom is -0.357 e. The number of nitrogens with one attached hydrogen (secondary N) is 2. The fourth-order valence-electron chi connectivity index (χ4n) is 2.26. The van der Waals surface area contributed by atoms with Crippen LogP contribution in [-0.2, 0) is 11.3 Å². The molecule has 8 heteroatoms. The highest BCUT2D eigenvalue weighted by Crippen LogP contribution is 2.12. The predicted molar refractivity (Wildman–Crippen MR) is 98.5 cm³/mol. The summed E-state index contributed by atoms with van der Waals surface area (Å²) >= 11 is 0. The maximum absolute atomic E-state index is 12.0. The molecule has 0 aliphatic carbocycles. The zero-order valence-corrected chi connectivity index (χ0v) is 15.1. The summed E-state index contributed by atoms with van der Waals surface area (Å²) in [6, 6.07) is 6.31. The first-order valence-electron chi connectivity index (χ1n) is 8.55. The minimum absolute atomic E-state index is 0.0627. The highest BCUT2D eigenvalue weighted by molar-refractivity contribution is 5.81. The molecule has 0 saturated heterocycles. The van der Waals surface area contributed by atoms with Gasteiger partial charge in [-0.05, 0) is 26.3 Å². The summed E-state index contributed by atoms with van der Waals surface area (Å²) in [7, 11) is 0. The third-order valence-corrected chi connectivity index (χ3v) is 3.66. The van der Waals surface area contributed by atoms with Crippen LogP contribution in [0.1, 0.15) is 32.8 Å². The minimum atomic E-state index is -0.425. The van der Waals surface area contributed by atoms with Crippen LogP contribution in [0.4, 0.5) is 5.69 Å². The number of nitro benzene ring substituents is 1. The van der Waals surface area contributed by atoms with Crippen LogP contribution in [0, 0.1) is 10.1 Å². The van der Waals surface area contributed by atoms with E-state index in [1.54, 1.807) is 17.0 Å². The van der Waals surface area contributed by atoms with E-state index in [1.807, 2.05) is 20.8 Å². The van der Waals surface area contributed by atoms with Crippen molar-refractivity contribution in [2.45, 2.75) is 33.7 Å². The zero-order valence-electron chi connectivity index (χ0n) is 15.1. The second kappa shape index (κ2) is 11.0. The Balaban J connectivity index is 2.56. The Hall–Kier alpha value is -2.64. The fourth-order valence-corrected chi connectivity index (χ4v) is 2.26. The lowest BCUT2D eigenvalue weighted by atomic mass is 10.2. The number of benzene rings is 1. The molecule has 0 aromatic heterocycles. The van der Waals surface area contributed by atoms with Crippen LogP contribution >= 0.6 is 0 Å². The maximum Gasteiger partial charge on any atom is 0.269 e. The van der Waals surface area contributed by atoms with Gasteiger partial charge in [-0.15, -0.1) is 0 Å². The molecule has 1 amide bonds. The first kappa shape index (κ1) is 20.4. The lowest BCUT2D eigenvalue weighted by Gasteiger charge is -2.19. The standard InChI is InChI=1S/C17H27N5O3/c1-4-18-17(19-12-11-16(23)21(5-2)6-3)20-13-14-7-9-15(10-8-14)22(24)25/h7-10H,4-6,11-13H2,1-3H3,(H2,18,19,20). The number of carbonyl (C=O) groups is 1. The van der Waals surface area contributed by atoms with Gasteiger partial charge in [0.2, 0.25) is 5.91 Å². The van der Waals surface area contributed by atoms with Gasteiger partial charge in [-0.2, -0.15) is 0 Å². The number of hydrogen-bond donors (Lipinski definition) is 2. The van der Waals surface area contributed by atoms with Crippen molar-refractivity contribution in [3.8, 4) is 0 Å². The molecule has 25 heavy (non-hydrogen) atoms. The van der Waals surface area contributed by atoms with Crippen molar-refractivity contribution in [3.63, 3.8) is 0 Å². The molecule has 8 nitrogen and oxygen atoms in total. The third-order valence-electron chi connectivity index (χ3n) is 3.66. The first-order chi connectivity index (χ1) is 12.0. The molecule has 1 rings (SSSR count). The highest BCUT2D eigenvalue weighted by Gasteiger charge is 2.09. The molecular weight excluding hydrogens is 322 g/mol. The number of guanidine groups is 1. The molecule has 0 aliphatic heterocycles. The fraction of sp³-hybridized carbons (Fsp3) is 0.529. The Morgan fingerprint density at radius 3 is 2.32 bits per heavy atom. The van der Waals surface area contributed by atoms with Gasteiger partial charge in [0.15, 0.2) is 5.96 Å². The lowest BCUT2D eigenvalue weighted by Crippen LogP contribution is -2.40. The number of amides is 1. The second-order valence-corrected chi connectivity index (χ2v) is 5.36. The molecule has 2 N–H and O–H groups in total. The largest absolute Gasteiger partial charge is 0.357 e. The Kier molecular flexibility index (Phi) is 8.99. The van der Waals surface area contributed by atoms with Gasteiger partial charge in [-0.1, -0.05) is 12.1 Å². The quantitative estimate of drug-likeness (QED) is 0.307. The van der Waals surface area contributed by atoms with E-state index in [4.69, 9.17) is 0 Å². The summed E-state index contributed by atoms with van der Waals surface area (Å²) < 4.78 is 0. The molecule has 0 atom stereocenters. The van der Waals surface area contributed by atoms with E-state index in [0.717, 1.165) is 5.56 Å². The van der Waals surface area contributed by atoms with Crippen molar-refractivity contribution in [2.75, 3.05) is 26.2 Å². The van der Waals surface area contributed by atoms with Crippen molar-refractivity contribution in [2.24, 2.45) is 4.99 Å². The molecule has 138 valence electrons. The van der Waals surface area contributed by atoms with Crippen molar-refractivity contribution in [1.82, 2.24) is 15.5 Å². The number of hydrogen-bond acceptors (Lipinski definition) is 4. The third kappa shape index (κ3) is 7.19. The Labute approximate surface area is 148 Å². The number of aliphatic imine (C=N–C) groups is 1. The summed E-state index contributed by atoms with van der Waals surface area (Å²) in [6.45, 7) is 8.92. The molecule has 0 spiro atoms. The van der Waals surface area contributed by atoms with E-state index >= 15 is 0 Å². The number of non-ortho nitro benzene ring substituents is 1. The smallest absolute Gasteiger partial charge is 0.269 e. The monoisotopic (exact) mass is 349 g/mol. The van der Waals surface area contributed by atoms with E-state index in [1.165, 1.54) is 12.1 Å². The van der Waals surface area contributed by atoms with Crippen LogP contribution < -0.4 is 10.6 Å². The van der Waals surface area contributed by atoms with Gasteiger partial charge in [-0.3, -0.25) is 14.9 Å². The Bertz CT molecular complexity index is 582. The van der Waals surface area contributed by atoms with Crippen LogP contribution in [0.5, 0.6) is 0 Å². The number of nitrogens with zero attached hydrogens (tertiary/aromatic N) is 3. The Morgan fingerprint density at radius 1 is 1.16 bits per heavy atom. The van der Waals surface area contributed by atoms with Gasteiger partial charge in [0.05, 0.1) is 11.5 Å². The molecule has 0 fully saturated rings. The van der Waals surface area contributed by atoms with Crippen molar-refractivity contribution in [1.29, 1.82) is 0 Å². The van der Waals surface area contributed by atoms with Crippen LogP contribution in [0.2, 0.25) is 0 Å². The SMILES string of the molecule is CCNC(=NCc1ccc([N+](=O)[O-])cc1)NCCC(=O)N(CC)CC. The molecule has 0 saturated carbocycles. The van der Waals surface area contributed by atoms with E-state index < -0.39 is 4.92 Å². The van der Waals surface area contributed by atoms with Crippen LogP contribution in [-0.4, -0.2) is 47.9 Å². The van der Waals surface area contributed by atoms with Crippen molar-refractivity contribution in [3.05, 3.63) is 39.9 Å². The average molecular weight is 349 g/mol. The molecule has 1 aromatic carbocycles. The molecule has 0 heterocycles. The molecule has 0 bridgehead atoms. The van der Waals surface area contributed by atoms with Crippen molar-refractivity contribution < 1.29 is 9.72 Å². The number of nitro groups is 1. The van der Waals surface area contributed by atoms with Crippen LogP contribution in [0.25, 0.3) is 0 Å². The highest BCUT2D eigenvalue weighted by atomic mass is 16.6. The summed E-state index contributed by atoms with van der Waals surface area (Å²) in [5, 5.41) is 16.9. The van der Waals surface area contributed by atoms with Gasteiger partial charge >= 0.3 is 0 Å². The first-order valence-corrected chi connectivity index (χ1v) is 8.55. The topological polar surface area (TPSA) is 99.9 Å². The maximum atomic E-state index is 12.0. The molecule has 0 unspecified atom stereocenters. The molecule has 0 aliphatic rings. The number of carbonyl (C=O) groups excluding carboxylic acids is 1. The van der Waals surface area contributed by atoms with E-state index in [9.17, 15) is 14.9 Å². The summed E-state index contributed by atoms with van der Waals surface area (Å²) in [6.07, 6.45) is 0.406. The van der Waals surface area contributed by atoms with E-state index in [0.29, 0.717) is 45.1 Å². The summed E-state index contributed by atoms with van der Waals surface area (Å²) in [5.41, 5.74) is 0.940.